The van der Waals surface area contributed by atoms with Crippen LogP contribution in [0.4, 0.5) is 0 Å². The van der Waals surface area contributed by atoms with Crippen LogP contribution < -0.4 is 10.9 Å². The standard InChI is InChI=1S/C16H19NO4S/c1-5-10-9-13(18)21-11-7-6-8-12(17-15(19)14(10)11)22(20)16(2,3)4/h6-9H,5H2,1-4H3,(H,17,19). The van der Waals surface area contributed by atoms with Crippen molar-refractivity contribution in [2.45, 2.75) is 38.9 Å². The zero-order valence-corrected chi connectivity index (χ0v) is 13.9. The third-order valence-corrected chi connectivity index (χ3v) is 4.92. The molecule has 1 unspecified atom stereocenters. The molecule has 1 amide bonds. The molecule has 5 nitrogen and oxygen atoms in total. The van der Waals surface area contributed by atoms with E-state index < -0.39 is 27.1 Å². The molecule has 6 heteroatoms. The minimum atomic E-state index is -1.37. The number of aryl methyl sites for hydroxylation is 1. The van der Waals surface area contributed by atoms with Gasteiger partial charge in [0.1, 0.15) is 10.8 Å². The molecule has 0 spiro atoms. The zero-order valence-electron chi connectivity index (χ0n) is 13.1. The first-order valence-electron chi connectivity index (χ1n) is 7.02. The Kier molecular flexibility index (Phi) is 4.51. The van der Waals surface area contributed by atoms with Crippen molar-refractivity contribution >= 4 is 22.8 Å². The lowest BCUT2D eigenvalue weighted by atomic mass is 10.0. The van der Waals surface area contributed by atoms with Gasteiger partial charge in [0.05, 0.1) is 16.4 Å². The first-order chi connectivity index (χ1) is 10.2. The summed E-state index contributed by atoms with van der Waals surface area (Å²) in [6.45, 7) is 7.37. The fourth-order valence-electron chi connectivity index (χ4n) is 2.09. The molecule has 0 saturated heterocycles. The van der Waals surface area contributed by atoms with E-state index in [1.54, 1.807) is 18.2 Å². The average molecular weight is 321 g/mol. The summed E-state index contributed by atoms with van der Waals surface area (Å²) in [6.07, 6.45) is 5.27. The second kappa shape index (κ2) is 6.04. The van der Waals surface area contributed by atoms with E-state index in [4.69, 9.17) is 4.42 Å². The van der Waals surface area contributed by atoms with Crippen LogP contribution >= 0.6 is 0 Å². The van der Waals surface area contributed by atoms with E-state index in [1.165, 1.54) is 6.07 Å². The van der Waals surface area contributed by atoms with E-state index in [0.29, 0.717) is 22.6 Å². The predicted molar refractivity (Wildman–Crippen MR) is 86.8 cm³/mol. The van der Waals surface area contributed by atoms with Gasteiger partial charge in [0.25, 0.3) is 5.91 Å². The number of amides is 1. The van der Waals surface area contributed by atoms with Crippen LogP contribution in [0.15, 0.2) is 32.5 Å². The number of rotatable bonds is 2. The smallest absolute Gasteiger partial charge is 0.336 e. The van der Waals surface area contributed by atoms with Crippen LogP contribution in [0.5, 0.6) is 0 Å². The number of fused-ring (bicyclic) bond motifs is 1. The summed E-state index contributed by atoms with van der Waals surface area (Å²) < 4.78 is 17.1. The van der Waals surface area contributed by atoms with E-state index in [2.05, 4.69) is 5.32 Å². The second-order valence-corrected chi connectivity index (χ2v) is 8.11. The van der Waals surface area contributed by atoms with Gasteiger partial charge in [0.15, 0.2) is 0 Å². The van der Waals surface area contributed by atoms with E-state index >= 15 is 0 Å². The minimum absolute atomic E-state index is 0.221. The molecule has 0 saturated carbocycles. The first kappa shape index (κ1) is 16.4. The molecule has 2 rings (SSSR count). The van der Waals surface area contributed by atoms with E-state index in [0.717, 1.165) is 0 Å². The molecule has 0 radical (unpaired) electrons. The van der Waals surface area contributed by atoms with Crippen LogP contribution in [0.25, 0.3) is 6.08 Å². The van der Waals surface area contributed by atoms with E-state index in [1.807, 2.05) is 27.7 Å². The highest BCUT2D eigenvalue weighted by Gasteiger charge is 2.27. The van der Waals surface area contributed by atoms with E-state index in [9.17, 15) is 13.8 Å². The predicted octanol–water partition coefficient (Wildman–Crippen LogP) is 2.35. The highest BCUT2D eigenvalue weighted by Crippen LogP contribution is 2.22. The molecule has 0 aliphatic carbocycles. The summed E-state index contributed by atoms with van der Waals surface area (Å²) in [6, 6.07) is 1.32. The maximum Gasteiger partial charge on any atom is 0.336 e. The van der Waals surface area contributed by atoms with Crippen molar-refractivity contribution in [1.29, 1.82) is 0 Å². The lowest BCUT2D eigenvalue weighted by Crippen LogP contribution is -2.34. The Balaban J connectivity index is 2.54. The van der Waals surface area contributed by atoms with Crippen LogP contribution in [0.1, 0.15) is 49.4 Å². The van der Waals surface area contributed by atoms with Crippen LogP contribution in [0.2, 0.25) is 0 Å². The molecular weight excluding hydrogens is 302 g/mol. The normalized spacial score (nSPS) is 16.2. The van der Waals surface area contributed by atoms with Crippen LogP contribution in [0, 0.1) is 0 Å². The minimum Gasteiger partial charge on any atom is -0.422 e. The van der Waals surface area contributed by atoms with E-state index in [-0.39, 0.29) is 5.76 Å². The Bertz CT molecular complexity index is 750. The summed E-state index contributed by atoms with van der Waals surface area (Å²) >= 11 is 0. The fraction of sp³-hybridized carbons (Fsp3) is 0.375. The monoisotopic (exact) mass is 321 g/mol. The van der Waals surface area contributed by atoms with Gasteiger partial charge in [-0.1, -0.05) is 13.0 Å². The number of nitrogens with one attached hydrogen (secondary N) is 1. The van der Waals surface area contributed by atoms with Gasteiger partial charge in [-0.2, -0.15) is 0 Å². The maximum atomic E-state index is 12.5. The Morgan fingerprint density at radius 1 is 1.27 bits per heavy atom. The van der Waals surface area contributed by atoms with Crippen molar-refractivity contribution in [3.63, 3.8) is 0 Å². The van der Waals surface area contributed by atoms with Crippen molar-refractivity contribution < 1.29 is 13.4 Å². The topological polar surface area (TPSA) is 76.4 Å². The summed E-state index contributed by atoms with van der Waals surface area (Å²) in [5.74, 6) is -0.192. The molecule has 1 aliphatic rings. The maximum absolute atomic E-state index is 12.5. The summed E-state index contributed by atoms with van der Waals surface area (Å²) in [5, 5.41) is 3.02. The third kappa shape index (κ3) is 3.27. The molecule has 118 valence electrons. The molecule has 1 aromatic heterocycles. The summed E-state index contributed by atoms with van der Waals surface area (Å²) in [5.41, 5.74) is 0.433. The van der Waals surface area contributed by atoms with Gasteiger partial charge in [-0.25, -0.2) is 4.79 Å². The quantitative estimate of drug-likeness (QED) is 0.907. The molecule has 0 fully saturated rings. The average Bonchev–Trinajstić information content (AvgIpc) is 2.41. The highest BCUT2D eigenvalue weighted by atomic mass is 32.2. The lowest BCUT2D eigenvalue weighted by molar-refractivity contribution is 0.0964. The van der Waals surface area contributed by atoms with Crippen molar-refractivity contribution in [1.82, 2.24) is 5.32 Å². The largest absolute Gasteiger partial charge is 0.422 e. The molecule has 22 heavy (non-hydrogen) atoms. The third-order valence-electron chi connectivity index (χ3n) is 3.17. The lowest BCUT2D eigenvalue weighted by Gasteiger charge is -2.21. The molecule has 0 bridgehead atoms. The number of allylic oxidation sites excluding steroid dienone is 2. The number of hydrogen-bond acceptors (Lipinski definition) is 4. The highest BCUT2D eigenvalue weighted by molar-refractivity contribution is 7.90. The molecule has 1 aromatic rings. The molecular formula is C16H19NO4S. The van der Waals surface area contributed by atoms with Gasteiger partial charge in [0, 0.05) is 10.8 Å². The Morgan fingerprint density at radius 2 is 1.95 bits per heavy atom. The van der Waals surface area contributed by atoms with Crippen LogP contribution in [-0.2, 0) is 17.2 Å². The Morgan fingerprint density at radius 3 is 2.55 bits per heavy atom. The van der Waals surface area contributed by atoms with Gasteiger partial charge in [0.2, 0.25) is 0 Å². The SMILES string of the molecule is CCc1cc(=O)oc2c1C(=O)NC(S(=O)C(C)(C)C)=CC=C2. The Labute approximate surface area is 131 Å². The van der Waals surface area contributed by atoms with Crippen molar-refractivity contribution in [2.24, 2.45) is 0 Å². The van der Waals surface area contributed by atoms with Crippen molar-refractivity contribution in [3.8, 4) is 0 Å². The zero-order chi connectivity index (χ0) is 16.5. The number of carbonyl (C=O) groups excluding carboxylic acids is 1. The van der Waals surface area contributed by atoms with Gasteiger partial charge in [-0.3, -0.25) is 9.00 Å². The molecule has 0 aromatic carbocycles. The van der Waals surface area contributed by atoms with Crippen LogP contribution in [0.3, 0.4) is 0 Å². The molecule has 1 aliphatic heterocycles. The van der Waals surface area contributed by atoms with Crippen molar-refractivity contribution in [3.05, 3.63) is 50.6 Å². The number of hydrogen-bond donors (Lipinski definition) is 1. The van der Waals surface area contributed by atoms with Gasteiger partial charge in [-0.15, -0.1) is 0 Å². The molecule has 2 heterocycles. The summed E-state index contributed by atoms with van der Waals surface area (Å²) in [4.78, 5) is 24.0. The van der Waals surface area contributed by atoms with Gasteiger partial charge in [-0.05, 0) is 44.9 Å². The first-order valence-corrected chi connectivity index (χ1v) is 8.17. The van der Waals surface area contributed by atoms with Gasteiger partial charge < -0.3 is 9.73 Å². The molecule has 1 N–H and O–H groups in total. The van der Waals surface area contributed by atoms with Crippen LogP contribution in [-0.4, -0.2) is 14.9 Å². The fourth-order valence-corrected chi connectivity index (χ4v) is 3.14. The van der Waals surface area contributed by atoms with Crippen molar-refractivity contribution in [2.75, 3.05) is 0 Å². The number of carbonyl (C=O) groups is 1. The second-order valence-electron chi connectivity index (χ2n) is 5.91. The summed E-state index contributed by atoms with van der Waals surface area (Å²) in [7, 11) is -1.37. The van der Waals surface area contributed by atoms with Gasteiger partial charge >= 0.3 is 5.63 Å². The molecule has 1 atom stereocenters. The Hall–Kier alpha value is -1.95.